The number of benzene rings is 1. The van der Waals surface area contributed by atoms with Crippen molar-refractivity contribution >= 4 is 25.3 Å². The van der Waals surface area contributed by atoms with Gasteiger partial charge in [-0.15, -0.1) is 0 Å². The number of phosphoric acid groups is 1. The molecule has 2 unspecified atom stereocenters. The summed E-state index contributed by atoms with van der Waals surface area (Å²) in [4.78, 5) is 23.6. The maximum atomic E-state index is 12.6. The van der Waals surface area contributed by atoms with Gasteiger partial charge in [0.15, 0.2) is 0 Å². The smallest absolute Gasteiger partial charge is 0.478 e. The summed E-state index contributed by atoms with van der Waals surface area (Å²) in [5, 5.41) is 37.8. The van der Waals surface area contributed by atoms with Crippen LogP contribution in [0.15, 0.2) is 18.2 Å². The summed E-state index contributed by atoms with van der Waals surface area (Å²) >= 11 is 0. The van der Waals surface area contributed by atoms with E-state index in [9.17, 15) is 24.4 Å². The molecule has 2 atom stereocenters. The first-order chi connectivity index (χ1) is 11.1. The molecule has 0 aliphatic carbocycles. The Hall–Kier alpha value is -1.85. The predicted octanol–water partition coefficient (Wildman–Crippen LogP) is -1.08. The number of rotatable bonds is 4. The van der Waals surface area contributed by atoms with Gasteiger partial charge >= 0.3 is 13.8 Å². The topological polar surface area (TPSA) is 186 Å². The molecule has 0 aromatic heterocycles. The molecule has 0 spiro atoms. The van der Waals surface area contributed by atoms with Crippen molar-refractivity contribution < 1.29 is 48.2 Å². The van der Waals surface area contributed by atoms with Crippen molar-refractivity contribution in [2.75, 3.05) is 12.3 Å². The number of anilines is 1. The van der Waals surface area contributed by atoms with Gasteiger partial charge in [0.2, 0.25) is 0 Å². The summed E-state index contributed by atoms with van der Waals surface area (Å²) < 4.78 is 26.3. The lowest BCUT2D eigenvalue weighted by molar-refractivity contribution is -0.317. The molecule has 24 heavy (non-hydrogen) atoms. The van der Waals surface area contributed by atoms with Gasteiger partial charge in [0, 0.05) is 11.3 Å². The lowest BCUT2D eigenvalue weighted by Crippen LogP contribution is -2.68. The first-order valence-corrected chi connectivity index (χ1v) is 7.96. The number of nitrogen functional groups attached to an aromatic ring is 1. The van der Waals surface area contributed by atoms with Gasteiger partial charge in [-0.2, -0.15) is 0 Å². The molecule has 3 aliphatic rings. The van der Waals surface area contributed by atoms with Crippen LogP contribution in [0.5, 0.6) is 0 Å². The Morgan fingerprint density at radius 1 is 1.33 bits per heavy atom. The summed E-state index contributed by atoms with van der Waals surface area (Å²) in [6.45, 7) is -1.09. The fourth-order valence-corrected chi connectivity index (χ4v) is 4.05. The maximum Gasteiger partial charge on any atom is 0.484 e. The van der Waals surface area contributed by atoms with Crippen molar-refractivity contribution in [1.82, 2.24) is 0 Å². The second-order valence-electron chi connectivity index (χ2n) is 5.17. The van der Waals surface area contributed by atoms with Crippen molar-refractivity contribution in [3.63, 3.8) is 0 Å². The highest BCUT2D eigenvalue weighted by Gasteiger charge is 2.77. The third-order valence-electron chi connectivity index (χ3n) is 3.64. The molecule has 11 nitrogen and oxygen atoms in total. The van der Waals surface area contributed by atoms with Crippen LogP contribution in [0, 0.1) is 0 Å². The number of Topliss-reactive ketones (excluding diaryl/α,β-unsaturated/α-hetero) is 1. The van der Waals surface area contributed by atoms with Crippen molar-refractivity contribution in [1.29, 1.82) is 0 Å². The molecule has 0 saturated carbocycles. The molecule has 0 radical (unpaired) electrons. The summed E-state index contributed by atoms with van der Waals surface area (Å²) in [6, 6.07) is 3.23. The zero-order chi connectivity index (χ0) is 17.9. The lowest BCUT2D eigenvalue weighted by atomic mass is 9.90. The van der Waals surface area contributed by atoms with Gasteiger partial charge in [-0.25, -0.2) is 22.9 Å². The van der Waals surface area contributed by atoms with E-state index < -0.39 is 43.9 Å². The van der Waals surface area contributed by atoms with Crippen LogP contribution in [0.1, 0.15) is 15.9 Å². The Morgan fingerprint density at radius 2 is 1.96 bits per heavy atom. The molecular weight excluding hydrogens is 349 g/mol. The minimum atomic E-state index is -4.40. The SMILES string of the molecule is Nc1ccc(C(=O)O)cc1C12OP(=O)(O1)OC(O)(C(O)CO)C2=O. The van der Waals surface area contributed by atoms with E-state index in [0.29, 0.717) is 0 Å². The van der Waals surface area contributed by atoms with Gasteiger partial charge in [-0.3, -0.25) is 4.79 Å². The quantitative estimate of drug-likeness (QED) is 0.324. The number of fused-ring (bicyclic) bond motifs is 2. The Morgan fingerprint density at radius 3 is 2.50 bits per heavy atom. The van der Waals surface area contributed by atoms with Crippen molar-refractivity contribution in [2.45, 2.75) is 17.7 Å². The van der Waals surface area contributed by atoms with Crippen LogP contribution in [0.2, 0.25) is 0 Å². The normalized spacial score (nSPS) is 36.0. The van der Waals surface area contributed by atoms with Gasteiger partial charge < -0.3 is 26.2 Å². The number of ketones is 1. The van der Waals surface area contributed by atoms with Crippen LogP contribution < -0.4 is 5.73 Å². The number of carboxylic acids is 1. The van der Waals surface area contributed by atoms with Crippen molar-refractivity contribution in [3.8, 4) is 0 Å². The van der Waals surface area contributed by atoms with Gasteiger partial charge in [0.05, 0.1) is 12.2 Å². The summed E-state index contributed by atoms with van der Waals surface area (Å²) in [5.74, 6) is -8.38. The average molecular weight is 361 g/mol. The van der Waals surface area contributed by atoms with E-state index in [1.54, 1.807) is 0 Å². The molecule has 3 fully saturated rings. The molecule has 130 valence electrons. The van der Waals surface area contributed by atoms with E-state index in [0.717, 1.165) is 18.2 Å². The molecule has 3 aliphatic heterocycles. The maximum absolute atomic E-state index is 12.6. The molecule has 1 aromatic carbocycles. The average Bonchev–Trinajstić information content (AvgIpc) is 2.49. The van der Waals surface area contributed by atoms with Crippen LogP contribution in [-0.2, 0) is 28.7 Å². The van der Waals surface area contributed by atoms with Crippen LogP contribution in [-0.4, -0.2) is 50.7 Å². The third-order valence-corrected chi connectivity index (χ3v) is 5.10. The molecule has 2 bridgehead atoms. The minimum absolute atomic E-state index is 0.151. The Kier molecular flexibility index (Phi) is 3.59. The molecule has 4 rings (SSSR count). The van der Waals surface area contributed by atoms with E-state index >= 15 is 0 Å². The summed E-state index contributed by atoms with van der Waals surface area (Å²) in [6.07, 6.45) is -2.14. The van der Waals surface area contributed by atoms with Gasteiger partial charge in [0.25, 0.3) is 17.4 Å². The molecule has 0 amide bonds. The fraction of sp³-hybridized carbons (Fsp3) is 0.333. The van der Waals surface area contributed by atoms with Gasteiger partial charge in [-0.05, 0) is 18.2 Å². The van der Waals surface area contributed by atoms with E-state index in [1.165, 1.54) is 0 Å². The van der Waals surface area contributed by atoms with E-state index in [1.807, 2.05) is 0 Å². The Balaban J connectivity index is 2.14. The number of hydrogen-bond donors (Lipinski definition) is 5. The fourth-order valence-electron chi connectivity index (χ4n) is 2.42. The number of aliphatic hydroxyl groups is 3. The number of aliphatic hydroxyl groups excluding tert-OH is 2. The number of carbonyl (C=O) groups excluding carboxylic acids is 1. The van der Waals surface area contributed by atoms with Crippen LogP contribution in [0.3, 0.4) is 0 Å². The Bertz CT molecular complexity index is 784. The zero-order valence-corrected chi connectivity index (χ0v) is 12.7. The molecule has 12 heteroatoms. The van der Waals surface area contributed by atoms with E-state index in [2.05, 4.69) is 4.52 Å². The largest absolute Gasteiger partial charge is 0.484 e. The zero-order valence-electron chi connectivity index (χ0n) is 11.8. The van der Waals surface area contributed by atoms with E-state index in [-0.39, 0.29) is 16.8 Å². The lowest BCUT2D eigenvalue weighted by Gasteiger charge is -2.53. The monoisotopic (exact) mass is 361 g/mol. The molecular formula is C12H12NO10P. The van der Waals surface area contributed by atoms with Crippen LogP contribution >= 0.6 is 7.82 Å². The van der Waals surface area contributed by atoms with Crippen LogP contribution in [0.25, 0.3) is 0 Å². The third kappa shape index (κ3) is 2.11. The van der Waals surface area contributed by atoms with Crippen molar-refractivity contribution in [2.24, 2.45) is 0 Å². The predicted molar refractivity (Wildman–Crippen MR) is 73.4 cm³/mol. The highest BCUT2D eigenvalue weighted by atomic mass is 31.2. The first kappa shape index (κ1) is 17.0. The Labute approximate surface area is 133 Å². The minimum Gasteiger partial charge on any atom is -0.478 e. The van der Waals surface area contributed by atoms with Crippen molar-refractivity contribution in [3.05, 3.63) is 29.3 Å². The number of carbonyl (C=O) groups is 2. The highest BCUT2D eigenvalue weighted by Crippen LogP contribution is 2.75. The molecule has 3 heterocycles. The number of carboxylic acid groups (broad SMARTS) is 1. The number of nitrogens with two attached hydrogens (primary N) is 1. The van der Waals surface area contributed by atoms with Crippen LogP contribution in [0.4, 0.5) is 5.69 Å². The second kappa shape index (κ2) is 5.07. The first-order valence-electron chi connectivity index (χ1n) is 6.50. The molecule has 1 aromatic rings. The highest BCUT2D eigenvalue weighted by molar-refractivity contribution is 7.50. The van der Waals surface area contributed by atoms with Gasteiger partial charge in [0.1, 0.15) is 6.10 Å². The number of aromatic carboxylic acids is 1. The van der Waals surface area contributed by atoms with Gasteiger partial charge in [-0.1, -0.05) is 0 Å². The molecule has 6 N–H and O–H groups in total. The summed E-state index contributed by atoms with van der Waals surface area (Å²) in [5.41, 5.74) is 4.94. The summed E-state index contributed by atoms with van der Waals surface area (Å²) in [7, 11) is -4.40. The second-order valence-corrected chi connectivity index (χ2v) is 6.61. The number of hydrogen-bond acceptors (Lipinski definition) is 10. The standard InChI is InChI=1S/C12H12NO10P/c13-7-2-1-5(9(16)17)3-6(7)12-10(18)11(19,8(15)4-14)21-24(20,22-12)23-12/h1-3,8,14-15,19H,4,13H2,(H,16,17). The van der Waals surface area contributed by atoms with E-state index in [4.69, 9.17) is 25.0 Å². The molecule has 3 saturated heterocycles. The number of phosphoric ester groups is 1.